The topological polar surface area (TPSA) is 154 Å². The Morgan fingerprint density at radius 2 is 1.25 bits per heavy atom. The predicted molar refractivity (Wildman–Crippen MR) is 176 cm³/mol. The van der Waals surface area contributed by atoms with E-state index in [4.69, 9.17) is 0 Å². The van der Waals surface area contributed by atoms with Crippen LogP contribution < -0.4 is 22.2 Å². The lowest BCUT2D eigenvalue weighted by Crippen LogP contribution is -2.37. The summed E-state index contributed by atoms with van der Waals surface area (Å²) in [6.07, 6.45) is 1.09. The highest BCUT2D eigenvalue weighted by Crippen LogP contribution is 2.38. The maximum atomic E-state index is 14.2. The third-order valence-corrected chi connectivity index (χ3v) is 8.77. The number of pyridine rings is 2. The van der Waals surface area contributed by atoms with E-state index in [1.54, 1.807) is 12.1 Å². The van der Waals surface area contributed by atoms with Crippen LogP contribution in [0.1, 0.15) is 23.2 Å². The van der Waals surface area contributed by atoms with E-state index in [9.17, 15) is 29.1 Å². The van der Waals surface area contributed by atoms with Crippen molar-refractivity contribution in [3.8, 4) is 0 Å². The Kier molecular flexibility index (Phi) is 7.42. The van der Waals surface area contributed by atoms with E-state index < -0.39 is 28.2 Å². The van der Waals surface area contributed by atoms with Crippen LogP contribution in [0, 0.1) is 0 Å². The van der Waals surface area contributed by atoms with Gasteiger partial charge in [0.25, 0.3) is 22.2 Å². The molecule has 0 saturated heterocycles. The molecule has 0 aliphatic rings. The van der Waals surface area contributed by atoms with Gasteiger partial charge in [-0.2, -0.15) is 0 Å². The summed E-state index contributed by atoms with van der Waals surface area (Å²) in [4.78, 5) is 78.4. The van der Waals surface area contributed by atoms with Crippen molar-refractivity contribution in [1.82, 2.24) is 28.9 Å². The summed E-state index contributed by atoms with van der Waals surface area (Å²) < 4.78 is 2.76. The van der Waals surface area contributed by atoms with Crippen molar-refractivity contribution in [2.45, 2.75) is 25.9 Å². The molecule has 3 N–H and O–H groups in total. The van der Waals surface area contributed by atoms with Crippen LogP contribution in [0.15, 0.2) is 47.9 Å². The van der Waals surface area contributed by atoms with Crippen LogP contribution in [0.25, 0.3) is 54.4 Å². The molecule has 228 valence electrons. The molecular formula is C31H31BrN6O6. The lowest BCUT2D eigenvalue weighted by Gasteiger charge is -2.19. The molecule has 6 aromatic rings. The minimum Gasteiger partial charge on any atom is -0.478 e. The number of aromatic nitrogens is 4. The molecule has 0 fully saturated rings. The van der Waals surface area contributed by atoms with E-state index in [0.29, 0.717) is 47.0 Å². The third-order valence-electron chi connectivity index (χ3n) is 8.14. The highest BCUT2D eigenvalue weighted by atomic mass is 79.9. The van der Waals surface area contributed by atoms with Crippen molar-refractivity contribution in [3.05, 3.63) is 75.7 Å². The van der Waals surface area contributed by atoms with Gasteiger partial charge >= 0.3 is 5.97 Å². The van der Waals surface area contributed by atoms with Crippen molar-refractivity contribution >= 4 is 76.3 Å². The number of fused-ring (bicyclic) bond motifs is 4. The molecule has 3 aromatic heterocycles. The number of nitrogens with one attached hydrogen (secondary N) is 2. The van der Waals surface area contributed by atoms with Gasteiger partial charge in [-0.1, -0.05) is 0 Å². The Morgan fingerprint density at radius 3 is 1.82 bits per heavy atom. The quantitative estimate of drug-likeness (QED) is 0.158. The average Bonchev–Trinajstić information content (AvgIpc) is 2.96. The zero-order valence-electron chi connectivity index (χ0n) is 24.7. The molecule has 0 atom stereocenters. The molecule has 0 bridgehead atoms. The second-order valence-electron chi connectivity index (χ2n) is 11.7. The summed E-state index contributed by atoms with van der Waals surface area (Å²) in [6, 6.07) is 6.02. The van der Waals surface area contributed by atoms with Crippen molar-refractivity contribution in [2.75, 3.05) is 41.3 Å². The first-order valence-corrected chi connectivity index (χ1v) is 15.0. The van der Waals surface area contributed by atoms with Gasteiger partial charge in [0.05, 0.1) is 43.8 Å². The summed E-state index contributed by atoms with van der Waals surface area (Å²) >= 11 is 3.52. The van der Waals surface area contributed by atoms with Crippen LogP contribution in [0.3, 0.4) is 0 Å². The van der Waals surface area contributed by atoms with Crippen LogP contribution in [0.5, 0.6) is 0 Å². The minimum atomic E-state index is -1.12. The lowest BCUT2D eigenvalue weighted by atomic mass is 9.94. The molecular weight excluding hydrogens is 632 g/mol. The molecule has 12 nitrogen and oxygen atoms in total. The van der Waals surface area contributed by atoms with Crippen LogP contribution in [0.2, 0.25) is 0 Å². The normalized spacial score (nSPS) is 12.3. The van der Waals surface area contributed by atoms with Gasteiger partial charge in [0.2, 0.25) is 0 Å². The monoisotopic (exact) mass is 662 g/mol. The molecule has 0 aliphatic heterocycles. The van der Waals surface area contributed by atoms with Crippen LogP contribution in [0.4, 0.5) is 0 Å². The second-order valence-corrected chi connectivity index (χ2v) is 12.5. The summed E-state index contributed by atoms with van der Waals surface area (Å²) in [6.45, 7) is 1.64. The van der Waals surface area contributed by atoms with Crippen LogP contribution in [-0.2, 0) is 13.1 Å². The first kappa shape index (κ1) is 29.7. The number of carboxylic acids is 1. The summed E-state index contributed by atoms with van der Waals surface area (Å²) in [5.41, 5.74) is -0.649. The fraction of sp³-hybridized carbons (Fsp3) is 0.323. The Bertz CT molecular complexity index is 2380. The van der Waals surface area contributed by atoms with E-state index >= 15 is 0 Å². The van der Waals surface area contributed by atoms with Crippen LogP contribution >= 0.6 is 15.9 Å². The van der Waals surface area contributed by atoms with Crippen LogP contribution in [-0.4, -0.2) is 81.3 Å². The number of halogens is 1. The van der Waals surface area contributed by atoms with Gasteiger partial charge in [0.15, 0.2) is 0 Å². The third kappa shape index (κ3) is 4.62. The molecule has 0 spiro atoms. The SMILES string of the molecule is CN(C)CCCn1c(=O)c2cc(Br)c3c(=O)n(CCCN(C)C)c(=O)c4c5[nH]c6ccc(C(=O)O)cc6[nH]c5c(c1=O)c2c34. The van der Waals surface area contributed by atoms with E-state index in [-0.39, 0.29) is 56.5 Å². The highest BCUT2D eigenvalue weighted by molar-refractivity contribution is 9.10. The molecule has 3 aromatic carbocycles. The molecule has 0 aliphatic carbocycles. The molecule has 0 amide bonds. The first-order chi connectivity index (χ1) is 20.9. The fourth-order valence-corrected chi connectivity index (χ4v) is 6.70. The Labute approximate surface area is 257 Å². The molecule has 0 radical (unpaired) electrons. The van der Waals surface area contributed by atoms with Gasteiger partial charge < -0.3 is 24.9 Å². The summed E-state index contributed by atoms with van der Waals surface area (Å²) in [7, 11) is 7.62. The van der Waals surface area contributed by atoms with Crippen molar-refractivity contribution < 1.29 is 9.90 Å². The van der Waals surface area contributed by atoms with E-state index in [1.807, 2.05) is 38.0 Å². The minimum absolute atomic E-state index is 0.0322. The molecule has 44 heavy (non-hydrogen) atoms. The number of benzene rings is 3. The van der Waals surface area contributed by atoms with Gasteiger partial charge in [-0.3, -0.25) is 28.3 Å². The average molecular weight is 664 g/mol. The van der Waals surface area contributed by atoms with Crippen molar-refractivity contribution in [1.29, 1.82) is 0 Å². The van der Waals surface area contributed by atoms with Crippen molar-refractivity contribution in [2.24, 2.45) is 0 Å². The maximum absolute atomic E-state index is 14.2. The number of nitrogens with zero attached hydrogens (tertiary/aromatic N) is 4. The summed E-state index contributed by atoms with van der Waals surface area (Å²) in [5.74, 6) is -1.12. The molecule has 13 heteroatoms. The number of rotatable bonds is 9. The summed E-state index contributed by atoms with van der Waals surface area (Å²) in [5, 5.41) is 10.8. The Morgan fingerprint density at radius 1 is 0.727 bits per heavy atom. The molecule has 3 heterocycles. The number of carboxylic acid groups (broad SMARTS) is 1. The van der Waals surface area contributed by atoms with Gasteiger partial charge in [0.1, 0.15) is 0 Å². The number of aromatic amines is 2. The molecule has 6 rings (SSSR count). The van der Waals surface area contributed by atoms with Crippen molar-refractivity contribution in [3.63, 3.8) is 0 Å². The fourth-order valence-electron chi connectivity index (χ4n) is 6.11. The zero-order valence-corrected chi connectivity index (χ0v) is 26.3. The lowest BCUT2D eigenvalue weighted by molar-refractivity contribution is 0.0697. The molecule has 0 saturated carbocycles. The standard InChI is InChI=1S/C31H31BrN6O6/c1-35(2)9-5-11-37-27(39)16-14-17(32)21-22-20(16)23(29(37)41)25-26(33-18-8-7-15(31(43)44)13-19(18)34-25)24(22)30(42)38(28(21)40)12-6-10-36(3)4/h7-8,13-14,33-34H,5-6,9-12H2,1-4H3,(H,43,44). The Balaban J connectivity index is 1.85. The Hall–Kier alpha value is -4.33. The second kappa shape index (κ2) is 11.0. The maximum Gasteiger partial charge on any atom is 0.335 e. The van der Waals surface area contributed by atoms with Gasteiger partial charge in [-0.15, -0.1) is 0 Å². The number of hydrogen-bond donors (Lipinski definition) is 3. The van der Waals surface area contributed by atoms with E-state index in [2.05, 4.69) is 25.9 Å². The van der Waals surface area contributed by atoms with Gasteiger partial charge in [-0.25, -0.2) is 4.79 Å². The smallest absolute Gasteiger partial charge is 0.335 e. The van der Waals surface area contributed by atoms with E-state index in [1.165, 1.54) is 21.3 Å². The number of hydrogen-bond acceptors (Lipinski definition) is 7. The van der Waals surface area contributed by atoms with Gasteiger partial charge in [-0.05, 0) is 94.3 Å². The number of aromatic carboxylic acids is 1. The number of H-pyrrole nitrogens is 2. The molecule has 0 unspecified atom stereocenters. The first-order valence-electron chi connectivity index (χ1n) is 14.2. The number of carbonyl (C=O) groups is 1. The largest absolute Gasteiger partial charge is 0.478 e. The predicted octanol–water partition coefficient (Wildman–Crippen LogP) is 2.95. The van der Waals surface area contributed by atoms with E-state index in [0.717, 1.165) is 0 Å². The highest BCUT2D eigenvalue weighted by Gasteiger charge is 2.27. The zero-order chi connectivity index (χ0) is 31.6. The van der Waals surface area contributed by atoms with Gasteiger partial charge in [0, 0.05) is 33.7 Å².